The largest absolute Gasteiger partial charge is 0.478 e. The van der Waals surface area contributed by atoms with E-state index in [0.717, 1.165) is 30.2 Å². The van der Waals surface area contributed by atoms with Crippen molar-refractivity contribution in [2.45, 2.75) is 0 Å². The number of aromatic carboxylic acids is 1. The number of fused-ring (bicyclic) bond motifs is 1. The van der Waals surface area contributed by atoms with Gasteiger partial charge in [0.15, 0.2) is 11.5 Å². The Balaban J connectivity index is 1.84. The van der Waals surface area contributed by atoms with Crippen LogP contribution in [0.3, 0.4) is 0 Å². The maximum Gasteiger partial charge on any atom is 0.335 e. The molecule has 7 nitrogen and oxygen atoms in total. The number of aromatic nitrogens is 3. The van der Waals surface area contributed by atoms with Crippen LogP contribution in [-0.4, -0.2) is 51.7 Å². The molecule has 1 fully saturated rings. The zero-order valence-corrected chi connectivity index (χ0v) is 13.9. The van der Waals surface area contributed by atoms with E-state index < -0.39 is 5.97 Å². The van der Waals surface area contributed by atoms with Gasteiger partial charge in [0.1, 0.15) is 5.69 Å². The van der Waals surface area contributed by atoms with Crippen molar-refractivity contribution >= 4 is 17.4 Å². The molecule has 7 heteroatoms. The Morgan fingerprint density at radius 3 is 2.62 bits per heavy atom. The number of hydrogen-bond acceptors (Lipinski definition) is 5. The molecule has 0 saturated carbocycles. The molecule has 4 rings (SSSR count). The number of morpholine rings is 1. The normalized spacial score (nSPS) is 14.3. The first-order chi connectivity index (χ1) is 12.7. The molecule has 0 bridgehead atoms. The summed E-state index contributed by atoms with van der Waals surface area (Å²) in [6, 6.07) is 6.64. The topological polar surface area (TPSA) is 80.0 Å². The van der Waals surface area contributed by atoms with Gasteiger partial charge in [-0.1, -0.05) is 12.1 Å². The minimum absolute atomic E-state index is 0.234. The maximum atomic E-state index is 11.1. The summed E-state index contributed by atoms with van der Waals surface area (Å²) < 4.78 is 7.31. The molecule has 3 heterocycles. The van der Waals surface area contributed by atoms with E-state index in [9.17, 15) is 4.79 Å². The highest BCUT2D eigenvalue weighted by molar-refractivity contribution is 5.88. The van der Waals surface area contributed by atoms with E-state index >= 15 is 0 Å². The van der Waals surface area contributed by atoms with Crippen molar-refractivity contribution in [2.24, 2.45) is 0 Å². The molecule has 1 aliphatic rings. The second-order valence-corrected chi connectivity index (χ2v) is 5.91. The fraction of sp³-hybridized carbons (Fsp3) is 0.211. The van der Waals surface area contributed by atoms with Crippen molar-refractivity contribution in [3.8, 4) is 23.6 Å². The van der Waals surface area contributed by atoms with Gasteiger partial charge >= 0.3 is 5.97 Å². The Bertz CT molecular complexity index is 1010. The van der Waals surface area contributed by atoms with Crippen LogP contribution in [0.5, 0.6) is 0 Å². The van der Waals surface area contributed by atoms with Gasteiger partial charge < -0.3 is 14.7 Å². The molecular formula is C19H16N4O3. The molecule has 0 unspecified atom stereocenters. The zero-order valence-electron chi connectivity index (χ0n) is 13.9. The number of anilines is 1. The minimum atomic E-state index is -0.959. The fourth-order valence-corrected chi connectivity index (χ4v) is 3.03. The van der Waals surface area contributed by atoms with Gasteiger partial charge in [-0.3, -0.25) is 4.40 Å². The average Bonchev–Trinajstić information content (AvgIpc) is 3.12. The van der Waals surface area contributed by atoms with E-state index in [1.807, 2.05) is 4.40 Å². The number of carbonyl (C=O) groups is 1. The number of carboxylic acid groups (broad SMARTS) is 1. The number of rotatable bonds is 3. The third-order valence-electron chi connectivity index (χ3n) is 4.36. The van der Waals surface area contributed by atoms with Gasteiger partial charge in [0.25, 0.3) is 0 Å². The highest BCUT2D eigenvalue weighted by atomic mass is 16.5. The van der Waals surface area contributed by atoms with Gasteiger partial charge in [-0.05, 0) is 18.1 Å². The number of benzene rings is 1. The van der Waals surface area contributed by atoms with Crippen LogP contribution >= 0.6 is 0 Å². The number of hydrogen-bond donors (Lipinski definition) is 1. The molecule has 3 aromatic rings. The summed E-state index contributed by atoms with van der Waals surface area (Å²) in [5.74, 6) is 2.37. The van der Waals surface area contributed by atoms with E-state index in [4.69, 9.17) is 16.3 Å². The smallest absolute Gasteiger partial charge is 0.335 e. The molecule has 2 aromatic heterocycles. The number of nitrogens with zero attached hydrogens (tertiary/aromatic N) is 4. The van der Waals surface area contributed by atoms with Gasteiger partial charge in [-0.2, -0.15) is 0 Å². The van der Waals surface area contributed by atoms with Crippen LogP contribution in [-0.2, 0) is 4.74 Å². The fourth-order valence-electron chi connectivity index (χ4n) is 3.03. The Labute approximate surface area is 149 Å². The van der Waals surface area contributed by atoms with Crippen LogP contribution in [0.2, 0.25) is 0 Å². The van der Waals surface area contributed by atoms with Crippen LogP contribution in [0, 0.1) is 12.3 Å². The highest BCUT2D eigenvalue weighted by Crippen LogP contribution is 2.27. The van der Waals surface area contributed by atoms with Gasteiger partial charge in [0.2, 0.25) is 0 Å². The van der Waals surface area contributed by atoms with E-state index in [1.54, 1.807) is 36.7 Å². The molecule has 1 saturated heterocycles. The van der Waals surface area contributed by atoms with E-state index in [2.05, 4.69) is 20.8 Å². The second-order valence-electron chi connectivity index (χ2n) is 5.91. The number of terminal acetylenes is 1. The maximum absolute atomic E-state index is 11.1. The molecular weight excluding hydrogens is 332 g/mol. The number of ether oxygens (including phenoxy) is 1. The van der Waals surface area contributed by atoms with Crippen molar-refractivity contribution in [2.75, 3.05) is 31.2 Å². The highest BCUT2D eigenvalue weighted by Gasteiger charge is 2.19. The van der Waals surface area contributed by atoms with E-state index in [1.165, 1.54) is 0 Å². The molecule has 0 radical (unpaired) electrons. The predicted molar refractivity (Wildman–Crippen MR) is 96.3 cm³/mol. The molecule has 0 amide bonds. The first-order valence-corrected chi connectivity index (χ1v) is 8.18. The summed E-state index contributed by atoms with van der Waals surface area (Å²) in [5.41, 5.74) is 3.07. The summed E-state index contributed by atoms with van der Waals surface area (Å²) in [7, 11) is 0. The van der Waals surface area contributed by atoms with Crippen LogP contribution in [0.1, 0.15) is 16.1 Å². The molecule has 1 aliphatic heterocycles. The van der Waals surface area contributed by atoms with Crippen molar-refractivity contribution < 1.29 is 14.6 Å². The van der Waals surface area contributed by atoms with Crippen LogP contribution < -0.4 is 4.90 Å². The molecule has 130 valence electrons. The quantitative estimate of drug-likeness (QED) is 0.729. The summed E-state index contributed by atoms with van der Waals surface area (Å²) >= 11 is 0. The molecule has 26 heavy (non-hydrogen) atoms. The van der Waals surface area contributed by atoms with E-state index in [-0.39, 0.29) is 5.56 Å². The third kappa shape index (κ3) is 2.76. The SMILES string of the molecule is C#Cc1cn2c(-c3ccc(C(=O)O)cc3)cnc(N3CCOCC3)c2n1. The molecule has 1 N–H and O–H groups in total. The van der Waals surface area contributed by atoms with Crippen LogP contribution in [0.4, 0.5) is 5.82 Å². The molecule has 0 aliphatic carbocycles. The third-order valence-corrected chi connectivity index (χ3v) is 4.36. The number of imidazole rings is 1. The lowest BCUT2D eigenvalue weighted by Gasteiger charge is -2.28. The van der Waals surface area contributed by atoms with E-state index in [0.29, 0.717) is 24.6 Å². The van der Waals surface area contributed by atoms with Crippen LogP contribution in [0.25, 0.3) is 16.9 Å². The van der Waals surface area contributed by atoms with Crippen LogP contribution in [0.15, 0.2) is 36.7 Å². The van der Waals surface area contributed by atoms with Gasteiger partial charge in [0.05, 0.1) is 30.7 Å². The van der Waals surface area contributed by atoms with Gasteiger partial charge in [-0.25, -0.2) is 14.8 Å². The lowest BCUT2D eigenvalue weighted by Crippen LogP contribution is -2.37. The van der Waals surface area contributed by atoms with Crippen molar-refractivity contribution in [3.63, 3.8) is 0 Å². The second kappa shape index (κ2) is 6.50. The van der Waals surface area contributed by atoms with Gasteiger partial charge in [0, 0.05) is 24.8 Å². The van der Waals surface area contributed by atoms with Crippen molar-refractivity contribution in [3.05, 3.63) is 47.9 Å². The van der Waals surface area contributed by atoms with Gasteiger partial charge in [-0.15, -0.1) is 6.42 Å². The lowest BCUT2D eigenvalue weighted by molar-refractivity contribution is 0.0697. The first-order valence-electron chi connectivity index (χ1n) is 8.18. The zero-order chi connectivity index (χ0) is 18.1. The minimum Gasteiger partial charge on any atom is -0.478 e. The van der Waals surface area contributed by atoms with Crippen molar-refractivity contribution in [1.82, 2.24) is 14.4 Å². The Morgan fingerprint density at radius 2 is 1.96 bits per heavy atom. The summed E-state index contributed by atoms with van der Waals surface area (Å²) in [6.45, 7) is 2.78. The molecule has 0 atom stereocenters. The molecule has 0 spiro atoms. The predicted octanol–water partition coefficient (Wildman–Crippen LogP) is 1.91. The molecule has 1 aromatic carbocycles. The first kappa shape index (κ1) is 16.1. The monoisotopic (exact) mass is 348 g/mol. The number of carboxylic acids is 1. The average molecular weight is 348 g/mol. The Hall–Kier alpha value is -3.37. The van der Waals surface area contributed by atoms with Crippen molar-refractivity contribution in [1.29, 1.82) is 0 Å². The summed E-state index contributed by atoms with van der Waals surface area (Å²) in [6.07, 6.45) is 9.09. The Kier molecular flexibility index (Phi) is 4.03. The Morgan fingerprint density at radius 1 is 1.23 bits per heavy atom. The lowest BCUT2D eigenvalue weighted by atomic mass is 10.1. The summed E-state index contributed by atoms with van der Waals surface area (Å²) in [5, 5.41) is 9.07. The summed E-state index contributed by atoms with van der Waals surface area (Å²) in [4.78, 5) is 22.3. The standard InChI is InChI=1S/C19H16N4O3/c1-2-15-12-23-16(13-3-5-14(6-4-13)19(24)25)11-20-17(18(23)21-15)22-7-9-26-10-8-22/h1,3-6,11-12H,7-10H2,(H,24,25).